The zero-order valence-corrected chi connectivity index (χ0v) is 11.4. The van der Waals surface area contributed by atoms with E-state index >= 15 is 0 Å². The number of anilines is 1. The van der Waals surface area contributed by atoms with Crippen LogP contribution in [0.5, 0.6) is 0 Å². The number of benzene rings is 2. The molecule has 0 bridgehead atoms. The molecule has 1 heterocycles. The minimum atomic E-state index is 0.0392. The van der Waals surface area contributed by atoms with Gasteiger partial charge in [-0.3, -0.25) is 4.79 Å². The van der Waals surface area contributed by atoms with Gasteiger partial charge in [0.05, 0.1) is 0 Å². The molecule has 3 rings (SSSR count). The van der Waals surface area contributed by atoms with Gasteiger partial charge in [-0.1, -0.05) is 47.5 Å². The van der Waals surface area contributed by atoms with Gasteiger partial charge in [-0.15, -0.1) is 0 Å². The number of rotatable bonds is 1. The molecule has 1 N–H and O–H groups in total. The maximum Gasteiger partial charge on any atom is 0.225 e. The van der Waals surface area contributed by atoms with E-state index in [0.717, 1.165) is 21.8 Å². The SMILES string of the molecule is Cc1ccc2c(c1)C(c1ccccc1Cl)CC(=O)N2. The number of aryl methyl sites for hydroxylation is 1. The maximum atomic E-state index is 11.9. The van der Waals surface area contributed by atoms with Crippen LogP contribution in [0.1, 0.15) is 29.0 Å². The van der Waals surface area contributed by atoms with E-state index in [2.05, 4.69) is 18.3 Å². The summed E-state index contributed by atoms with van der Waals surface area (Å²) in [5, 5.41) is 3.64. The lowest BCUT2D eigenvalue weighted by Gasteiger charge is -2.27. The first-order valence-corrected chi connectivity index (χ1v) is 6.68. The summed E-state index contributed by atoms with van der Waals surface area (Å²) in [5.74, 6) is 0.0821. The fourth-order valence-corrected chi connectivity index (χ4v) is 2.88. The van der Waals surface area contributed by atoms with Crippen LogP contribution in [0.2, 0.25) is 5.02 Å². The monoisotopic (exact) mass is 271 g/mol. The van der Waals surface area contributed by atoms with Gasteiger partial charge in [0.15, 0.2) is 0 Å². The van der Waals surface area contributed by atoms with E-state index in [4.69, 9.17) is 11.6 Å². The number of fused-ring (bicyclic) bond motifs is 1. The standard InChI is InChI=1S/C16H14ClNO/c1-10-6-7-15-13(8-10)12(9-16(19)18-15)11-4-2-3-5-14(11)17/h2-8,12H,9H2,1H3,(H,18,19). The summed E-state index contributed by atoms with van der Waals surface area (Å²) in [6.07, 6.45) is 0.445. The van der Waals surface area contributed by atoms with Crippen molar-refractivity contribution in [3.05, 3.63) is 64.2 Å². The Labute approximate surface area is 117 Å². The van der Waals surface area contributed by atoms with E-state index in [-0.39, 0.29) is 11.8 Å². The van der Waals surface area contributed by atoms with Crippen LogP contribution in [0.15, 0.2) is 42.5 Å². The lowest BCUT2D eigenvalue weighted by molar-refractivity contribution is -0.116. The van der Waals surface area contributed by atoms with Gasteiger partial charge in [-0.2, -0.15) is 0 Å². The molecule has 0 aromatic heterocycles. The number of halogens is 1. The topological polar surface area (TPSA) is 29.1 Å². The van der Waals surface area contributed by atoms with Crippen LogP contribution < -0.4 is 5.32 Å². The second kappa shape index (κ2) is 4.71. The predicted molar refractivity (Wildman–Crippen MR) is 77.7 cm³/mol. The molecular weight excluding hydrogens is 258 g/mol. The van der Waals surface area contributed by atoms with E-state index in [1.54, 1.807) is 0 Å². The van der Waals surface area contributed by atoms with Crippen LogP contribution in [0.25, 0.3) is 0 Å². The second-order valence-electron chi connectivity index (χ2n) is 4.92. The average Bonchev–Trinajstić information content (AvgIpc) is 2.39. The number of nitrogens with one attached hydrogen (secondary N) is 1. The molecule has 3 heteroatoms. The van der Waals surface area contributed by atoms with Crippen molar-refractivity contribution in [3.8, 4) is 0 Å². The Morgan fingerprint density at radius 3 is 2.74 bits per heavy atom. The molecule has 1 aliphatic heterocycles. The Morgan fingerprint density at radius 1 is 1.16 bits per heavy atom. The molecule has 2 aromatic rings. The van der Waals surface area contributed by atoms with Crippen LogP contribution in [-0.2, 0) is 4.79 Å². The van der Waals surface area contributed by atoms with Crippen molar-refractivity contribution >= 4 is 23.2 Å². The fourth-order valence-electron chi connectivity index (χ4n) is 2.62. The van der Waals surface area contributed by atoms with Crippen molar-refractivity contribution in [1.29, 1.82) is 0 Å². The number of carbonyl (C=O) groups excluding carboxylic acids is 1. The van der Waals surface area contributed by atoms with Crippen molar-refractivity contribution in [1.82, 2.24) is 0 Å². The third-order valence-electron chi connectivity index (χ3n) is 3.53. The van der Waals surface area contributed by atoms with Gasteiger partial charge in [0.1, 0.15) is 0 Å². The summed E-state index contributed by atoms with van der Waals surface area (Å²) in [6, 6.07) is 13.8. The minimum Gasteiger partial charge on any atom is -0.326 e. The lowest BCUT2D eigenvalue weighted by atomic mass is 9.84. The van der Waals surface area contributed by atoms with Crippen LogP contribution in [0.3, 0.4) is 0 Å². The van der Waals surface area contributed by atoms with Gasteiger partial charge in [-0.05, 0) is 30.2 Å². The Kier molecular flexibility index (Phi) is 3.03. The third kappa shape index (κ3) is 2.24. The van der Waals surface area contributed by atoms with Crippen LogP contribution in [-0.4, -0.2) is 5.91 Å². The zero-order chi connectivity index (χ0) is 13.4. The van der Waals surface area contributed by atoms with E-state index in [9.17, 15) is 4.79 Å². The van der Waals surface area contributed by atoms with Crippen molar-refractivity contribution in [2.75, 3.05) is 5.32 Å². The summed E-state index contributed by atoms with van der Waals surface area (Å²) in [6.45, 7) is 2.06. The maximum absolute atomic E-state index is 11.9. The largest absolute Gasteiger partial charge is 0.326 e. The number of carbonyl (C=O) groups is 1. The molecule has 1 unspecified atom stereocenters. The van der Waals surface area contributed by atoms with Crippen LogP contribution in [0, 0.1) is 6.92 Å². The van der Waals surface area contributed by atoms with Crippen molar-refractivity contribution < 1.29 is 4.79 Å². The Morgan fingerprint density at radius 2 is 1.95 bits per heavy atom. The summed E-state index contributed by atoms with van der Waals surface area (Å²) in [5.41, 5.74) is 4.25. The summed E-state index contributed by atoms with van der Waals surface area (Å²) in [4.78, 5) is 11.9. The van der Waals surface area contributed by atoms with Crippen molar-refractivity contribution in [2.45, 2.75) is 19.3 Å². The first-order chi connectivity index (χ1) is 9.15. The minimum absolute atomic E-state index is 0.0392. The van der Waals surface area contributed by atoms with Gasteiger partial charge in [0, 0.05) is 23.0 Å². The number of hydrogen-bond donors (Lipinski definition) is 1. The smallest absolute Gasteiger partial charge is 0.225 e. The molecule has 0 radical (unpaired) electrons. The van der Waals surface area contributed by atoms with Gasteiger partial charge >= 0.3 is 0 Å². The molecule has 0 aliphatic carbocycles. The number of amides is 1. The Bertz CT molecular complexity index is 651. The first-order valence-electron chi connectivity index (χ1n) is 6.30. The molecule has 0 spiro atoms. The summed E-state index contributed by atoms with van der Waals surface area (Å²) in [7, 11) is 0. The molecule has 96 valence electrons. The lowest BCUT2D eigenvalue weighted by Crippen LogP contribution is -2.23. The average molecular weight is 272 g/mol. The molecule has 1 atom stereocenters. The molecule has 1 aliphatic rings. The highest BCUT2D eigenvalue weighted by atomic mass is 35.5. The van der Waals surface area contributed by atoms with Crippen LogP contribution >= 0.6 is 11.6 Å². The Hall–Kier alpha value is -1.80. The molecule has 2 nitrogen and oxygen atoms in total. The zero-order valence-electron chi connectivity index (χ0n) is 10.6. The van der Waals surface area contributed by atoms with Crippen molar-refractivity contribution in [2.24, 2.45) is 0 Å². The molecule has 19 heavy (non-hydrogen) atoms. The normalized spacial score (nSPS) is 17.8. The van der Waals surface area contributed by atoms with Gasteiger partial charge in [0.25, 0.3) is 0 Å². The van der Waals surface area contributed by atoms with Gasteiger partial charge in [0.2, 0.25) is 5.91 Å². The second-order valence-corrected chi connectivity index (χ2v) is 5.32. The third-order valence-corrected chi connectivity index (χ3v) is 3.87. The van der Waals surface area contributed by atoms with E-state index in [0.29, 0.717) is 6.42 Å². The number of hydrogen-bond acceptors (Lipinski definition) is 1. The molecule has 1 amide bonds. The molecule has 0 fully saturated rings. The van der Waals surface area contributed by atoms with E-state index in [1.165, 1.54) is 5.56 Å². The molecule has 0 saturated carbocycles. The summed E-state index contributed by atoms with van der Waals surface area (Å²) < 4.78 is 0. The summed E-state index contributed by atoms with van der Waals surface area (Å²) >= 11 is 6.28. The van der Waals surface area contributed by atoms with Crippen molar-refractivity contribution in [3.63, 3.8) is 0 Å². The molecule has 0 saturated heterocycles. The molecular formula is C16H14ClNO. The highest BCUT2D eigenvalue weighted by Crippen LogP contribution is 2.39. The highest BCUT2D eigenvalue weighted by molar-refractivity contribution is 6.31. The highest BCUT2D eigenvalue weighted by Gasteiger charge is 2.27. The predicted octanol–water partition coefficient (Wildman–Crippen LogP) is 4.12. The van der Waals surface area contributed by atoms with E-state index < -0.39 is 0 Å². The van der Waals surface area contributed by atoms with Crippen LogP contribution in [0.4, 0.5) is 5.69 Å². The van der Waals surface area contributed by atoms with E-state index in [1.807, 2.05) is 36.4 Å². The molecule has 2 aromatic carbocycles. The van der Waals surface area contributed by atoms with Gasteiger partial charge < -0.3 is 5.32 Å². The quantitative estimate of drug-likeness (QED) is 0.830. The first kappa shape index (κ1) is 12.2. The van der Waals surface area contributed by atoms with Gasteiger partial charge in [-0.25, -0.2) is 0 Å². The fraction of sp³-hybridized carbons (Fsp3) is 0.188. The Balaban J connectivity index is 2.16.